The van der Waals surface area contributed by atoms with Crippen LogP contribution in [0.1, 0.15) is 24.4 Å². The van der Waals surface area contributed by atoms with Gasteiger partial charge in [-0.2, -0.15) is 0 Å². The topological polar surface area (TPSA) is 66.3 Å². The van der Waals surface area contributed by atoms with E-state index in [-0.39, 0.29) is 6.42 Å². The van der Waals surface area contributed by atoms with E-state index in [0.29, 0.717) is 5.69 Å². The van der Waals surface area contributed by atoms with Gasteiger partial charge < -0.3 is 5.11 Å². The van der Waals surface area contributed by atoms with Gasteiger partial charge in [0.25, 0.3) is 0 Å². The van der Waals surface area contributed by atoms with Crippen molar-refractivity contribution in [3.05, 3.63) is 35.1 Å². The first-order valence-electron chi connectivity index (χ1n) is 6.97. The molecule has 0 saturated heterocycles. The number of hydrogen-bond donors (Lipinski definition) is 1. The van der Waals surface area contributed by atoms with E-state index in [1.807, 2.05) is 12.1 Å². The fraction of sp³-hybridized carbons (Fsp3) is 0.400. The van der Waals surface area contributed by atoms with Crippen LogP contribution in [-0.4, -0.2) is 39.0 Å². The summed E-state index contributed by atoms with van der Waals surface area (Å²) in [5.41, 5.74) is 1.60. The van der Waals surface area contributed by atoms with Crippen molar-refractivity contribution in [1.82, 2.24) is 14.9 Å². The Morgan fingerprint density at radius 2 is 2.14 bits per heavy atom. The third kappa shape index (κ3) is 4.09. The van der Waals surface area contributed by atoms with E-state index in [1.165, 1.54) is 0 Å². The molecule has 112 valence electrons. The van der Waals surface area contributed by atoms with Crippen molar-refractivity contribution in [3.8, 4) is 10.6 Å². The Labute approximate surface area is 128 Å². The second-order valence-corrected chi connectivity index (χ2v) is 5.75. The first-order chi connectivity index (χ1) is 10.1. The molecule has 0 saturated carbocycles. The molecule has 0 aliphatic heterocycles. The van der Waals surface area contributed by atoms with Crippen molar-refractivity contribution in [2.45, 2.75) is 26.8 Å². The zero-order valence-electron chi connectivity index (χ0n) is 12.2. The molecule has 5 nitrogen and oxygen atoms in total. The monoisotopic (exact) mass is 305 g/mol. The molecule has 2 aromatic heterocycles. The van der Waals surface area contributed by atoms with Crippen LogP contribution in [0.15, 0.2) is 24.5 Å². The maximum Gasteiger partial charge on any atom is 0.309 e. The van der Waals surface area contributed by atoms with E-state index >= 15 is 0 Å². The minimum absolute atomic E-state index is 0.0344. The normalized spacial score (nSPS) is 11.0. The lowest BCUT2D eigenvalue weighted by atomic mass is 10.2. The first kappa shape index (κ1) is 15.6. The number of pyridine rings is 1. The number of nitrogens with zero attached hydrogens (tertiary/aromatic N) is 3. The molecule has 6 heteroatoms. The molecule has 1 N–H and O–H groups in total. The number of hydrogen-bond acceptors (Lipinski definition) is 5. The van der Waals surface area contributed by atoms with Crippen molar-refractivity contribution in [2.75, 3.05) is 13.1 Å². The predicted molar refractivity (Wildman–Crippen MR) is 83.3 cm³/mol. The first-order valence-corrected chi connectivity index (χ1v) is 7.78. The average molecular weight is 305 g/mol. The average Bonchev–Trinajstić information content (AvgIpc) is 2.87. The number of rotatable bonds is 7. The van der Waals surface area contributed by atoms with Gasteiger partial charge in [-0.25, -0.2) is 4.98 Å². The van der Waals surface area contributed by atoms with E-state index in [1.54, 1.807) is 23.7 Å². The summed E-state index contributed by atoms with van der Waals surface area (Å²) in [6, 6.07) is 3.80. The van der Waals surface area contributed by atoms with Gasteiger partial charge in [0, 0.05) is 29.4 Å². The Morgan fingerprint density at radius 3 is 2.71 bits per heavy atom. The second-order valence-electron chi connectivity index (χ2n) is 4.66. The molecule has 0 aliphatic carbocycles. The maximum atomic E-state index is 11.0. The van der Waals surface area contributed by atoms with Crippen molar-refractivity contribution in [3.63, 3.8) is 0 Å². The molecule has 0 bridgehead atoms. The van der Waals surface area contributed by atoms with Gasteiger partial charge in [0.05, 0.1) is 12.1 Å². The van der Waals surface area contributed by atoms with Crippen LogP contribution < -0.4 is 0 Å². The summed E-state index contributed by atoms with van der Waals surface area (Å²) < 4.78 is 0. The van der Waals surface area contributed by atoms with E-state index in [0.717, 1.165) is 35.1 Å². The Bertz CT molecular complexity index is 594. The molecule has 2 rings (SSSR count). The summed E-state index contributed by atoms with van der Waals surface area (Å²) >= 11 is 1.56. The van der Waals surface area contributed by atoms with Gasteiger partial charge >= 0.3 is 5.97 Å². The molecule has 0 radical (unpaired) electrons. The van der Waals surface area contributed by atoms with E-state index in [2.05, 4.69) is 28.7 Å². The van der Waals surface area contributed by atoms with E-state index < -0.39 is 5.97 Å². The number of carbonyl (C=O) groups is 1. The van der Waals surface area contributed by atoms with Crippen LogP contribution in [0.2, 0.25) is 0 Å². The molecule has 0 aromatic carbocycles. The number of thiazole rings is 1. The van der Waals surface area contributed by atoms with Gasteiger partial charge in [0.15, 0.2) is 0 Å². The van der Waals surface area contributed by atoms with Gasteiger partial charge in [-0.15, -0.1) is 11.3 Å². The van der Waals surface area contributed by atoms with Gasteiger partial charge in [-0.05, 0) is 25.2 Å². The quantitative estimate of drug-likeness (QED) is 0.852. The van der Waals surface area contributed by atoms with Crippen LogP contribution in [0.5, 0.6) is 0 Å². The lowest BCUT2D eigenvalue weighted by molar-refractivity contribution is -0.136. The third-order valence-electron chi connectivity index (χ3n) is 3.27. The molecule has 2 heterocycles. The molecule has 0 amide bonds. The second kappa shape index (κ2) is 7.28. The van der Waals surface area contributed by atoms with Crippen molar-refractivity contribution in [2.24, 2.45) is 0 Å². The SMILES string of the molecule is CCN(CC)Cc1sc(-c2cccnc2)nc1CC(=O)O. The van der Waals surface area contributed by atoms with Crippen molar-refractivity contribution < 1.29 is 9.90 Å². The Kier molecular flexibility index (Phi) is 5.41. The highest BCUT2D eigenvalue weighted by molar-refractivity contribution is 7.15. The predicted octanol–water partition coefficient (Wildman–Crippen LogP) is 2.67. The summed E-state index contributed by atoms with van der Waals surface area (Å²) in [5, 5.41) is 9.89. The largest absolute Gasteiger partial charge is 0.481 e. The molecule has 21 heavy (non-hydrogen) atoms. The molecular formula is C15H19N3O2S. The van der Waals surface area contributed by atoms with Crippen LogP contribution >= 0.6 is 11.3 Å². The summed E-state index contributed by atoms with van der Waals surface area (Å²) in [6.07, 6.45) is 3.43. The Morgan fingerprint density at radius 1 is 1.38 bits per heavy atom. The van der Waals surface area contributed by atoms with Gasteiger partial charge in [0.1, 0.15) is 5.01 Å². The summed E-state index contributed by atoms with van der Waals surface area (Å²) in [7, 11) is 0. The lowest BCUT2D eigenvalue weighted by Gasteiger charge is -2.17. The highest BCUT2D eigenvalue weighted by atomic mass is 32.1. The highest BCUT2D eigenvalue weighted by Crippen LogP contribution is 2.29. The van der Waals surface area contributed by atoms with Crippen LogP contribution in [-0.2, 0) is 17.8 Å². The number of aliphatic carboxylic acids is 1. The van der Waals surface area contributed by atoms with Crippen LogP contribution in [0, 0.1) is 0 Å². The van der Waals surface area contributed by atoms with Crippen LogP contribution in [0.25, 0.3) is 10.6 Å². The number of aromatic nitrogens is 2. The zero-order chi connectivity index (χ0) is 15.2. The summed E-state index contributed by atoms with van der Waals surface area (Å²) in [6.45, 7) is 6.81. The lowest BCUT2D eigenvalue weighted by Crippen LogP contribution is -2.22. The van der Waals surface area contributed by atoms with Crippen molar-refractivity contribution >= 4 is 17.3 Å². The van der Waals surface area contributed by atoms with Crippen molar-refractivity contribution in [1.29, 1.82) is 0 Å². The smallest absolute Gasteiger partial charge is 0.309 e. The minimum Gasteiger partial charge on any atom is -0.481 e. The van der Waals surface area contributed by atoms with E-state index in [4.69, 9.17) is 5.11 Å². The molecule has 0 spiro atoms. The molecular weight excluding hydrogens is 286 g/mol. The molecule has 0 unspecified atom stereocenters. The fourth-order valence-corrected chi connectivity index (χ4v) is 3.16. The Balaban J connectivity index is 2.33. The zero-order valence-corrected chi connectivity index (χ0v) is 13.1. The van der Waals surface area contributed by atoms with Crippen LogP contribution in [0.3, 0.4) is 0 Å². The summed E-state index contributed by atoms with van der Waals surface area (Å²) in [4.78, 5) is 22.9. The molecule has 0 fully saturated rings. The molecule has 2 aromatic rings. The minimum atomic E-state index is -0.848. The van der Waals surface area contributed by atoms with Crippen LogP contribution in [0.4, 0.5) is 0 Å². The van der Waals surface area contributed by atoms with Gasteiger partial charge in [-0.1, -0.05) is 13.8 Å². The maximum absolute atomic E-state index is 11.0. The third-order valence-corrected chi connectivity index (χ3v) is 4.40. The Hall–Kier alpha value is -1.79. The van der Waals surface area contributed by atoms with Gasteiger partial charge in [-0.3, -0.25) is 14.7 Å². The highest BCUT2D eigenvalue weighted by Gasteiger charge is 2.16. The standard InChI is InChI=1S/C15H19N3O2S/c1-3-18(4-2)10-13-12(8-14(19)20)17-15(21-13)11-6-5-7-16-9-11/h5-7,9H,3-4,8,10H2,1-2H3,(H,19,20). The summed E-state index contributed by atoms with van der Waals surface area (Å²) in [5.74, 6) is -0.848. The number of carboxylic acid groups (broad SMARTS) is 1. The van der Waals surface area contributed by atoms with E-state index in [9.17, 15) is 4.79 Å². The number of carboxylic acids is 1. The van der Waals surface area contributed by atoms with Gasteiger partial charge in [0.2, 0.25) is 0 Å². The molecule has 0 atom stereocenters. The molecule has 0 aliphatic rings. The fourth-order valence-electron chi connectivity index (χ4n) is 2.05.